The zero-order valence-corrected chi connectivity index (χ0v) is 27.7. The molecular formula is C36H42F2N4O6. The number of hydrogen-bond donors (Lipinski definition) is 1. The minimum Gasteiger partial charge on any atom is -0.489 e. The summed E-state index contributed by atoms with van der Waals surface area (Å²) in [5, 5.41) is 1.08. The van der Waals surface area contributed by atoms with Crippen LogP contribution in [-0.4, -0.2) is 65.6 Å². The molecule has 2 N–H and O–H groups in total. The normalized spacial score (nSPS) is 16.4. The quantitative estimate of drug-likeness (QED) is 0.260. The summed E-state index contributed by atoms with van der Waals surface area (Å²) in [6, 6.07) is 17.1. The van der Waals surface area contributed by atoms with Crippen molar-refractivity contribution in [1.29, 1.82) is 0 Å². The van der Waals surface area contributed by atoms with E-state index in [-0.39, 0.29) is 32.0 Å². The summed E-state index contributed by atoms with van der Waals surface area (Å²) in [6.07, 6.45) is -1.32. The standard InChI is InChI=1S/C36H42F2N4O6/c1-23(40-16-18-41(19-17-40)30-13-12-26(37)20-29(30)38)25-10-8-24(9-11-25)22-46-31-7-5-6-27-28(31)21-42(35(27)45)48-32(34(39)44)14-15-33(43)47-36(2,3)4/h5-13,20,23,32H,14-19,21-22H2,1-4H3,(H2,39,44)/t23-,32?/m1/s1. The van der Waals surface area contributed by atoms with Crippen LogP contribution in [0.4, 0.5) is 14.5 Å². The molecule has 0 saturated carbocycles. The second kappa shape index (κ2) is 14.7. The van der Waals surface area contributed by atoms with Crippen LogP contribution in [0.1, 0.15) is 73.6 Å². The second-order valence-corrected chi connectivity index (χ2v) is 13.1. The number of fused-ring (bicyclic) bond motifs is 1. The topological polar surface area (TPSA) is 115 Å². The first kappa shape index (κ1) is 34.8. The molecule has 12 heteroatoms. The molecule has 5 rings (SSSR count). The molecule has 0 radical (unpaired) electrons. The van der Waals surface area contributed by atoms with E-state index in [0.717, 1.165) is 35.3 Å². The molecule has 2 aliphatic rings. The number of primary amides is 1. The number of halogens is 2. The summed E-state index contributed by atoms with van der Waals surface area (Å²) in [6.45, 7) is 10.5. The van der Waals surface area contributed by atoms with Crippen LogP contribution in [0.2, 0.25) is 0 Å². The average molecular weight is 665 g/mol. The maximum atomic E-state index is 14.3. The Morgan fingerprint density at radius 1 is 0.979 bits per heavy atom. The van der Waals surface area contributed by atoms with Gasteiger partial charge in [-0.25, -0.2) is 13.8 Å². The molecule has 0 aromatic heterocycles. The van der Waals surface area contributed by atoms with Gasteiger partial charge in [0.2, 0.25) is 5.91 Å². The number of hydroxylamine groups is 2. The van der Waals surface area contributed by atoms with E-state index >= 15 is 0 Å². The van der Waals surface area contributed by atoms with Crippen LogP contribution in [-0.2, 0) is 32.3 Å². The monoisotopic (exact) mass is 664 g/mol. The third-order valence-corrected chi connectivity index (χ3v) is 8.46. The highest BCUT2D eigenvalue weighted by molar-refractivity contribution is 5.98. The number of esters is 1. The van der Waals surface area contributed by atoms with Crippen LogP contribution >= 0.6 is 0 Å². The Kier molecular flexibility index (Phi) is 10.6. The zero-order valence-electron chi connectivity index (χ0n) is 27.7. The number of nitrogens with zero attached hydrogens (tertiary/aromatic N) is 3. The van der Waals surface area contributed by atoms with Gasteiger partial charge in [-0.2, -0.15) is 0 Å². The lowest BCUT2D eigenvalue weighted by Gasteiger charge is -2.39. The maximum Gasteiger partial charge on any atom is 0.306 e. The number of benzene rings is 3. The van der Waals surface area contributed by atoms with Crippen molar-refractivity contribution in [3.8, 4) is 5.75 Å². The van der Waals surface area contributed by atoms with Crippen LogP contribution in [0.3, 0.4) is 0 Å². The van der Waals surface area contributed by atoms with E-state index in [1.807, 2.05) is 17.0 Å². The summed E-state index contributed by atoms with van der Waals surface area (Å²) in [5.41, 5.74) is 8.37. The van der Waals surface area contributed by atoms with Gasteiger partial charge in [-0.1, -0.05) is 30.3 Å². The molecule has 10 nitrogen and oxygen atoms in total. The molecule has 3 aromatic rings. The molecule has 1 fully saturated rings. The number of ether oxygens (including phenoxy) is 2. The maximum absolute atomic E-state index is 14.3. The number of carbonyl (C=O) groups is 3. The lowest BCUT2D eigenvalue weighted by Crippen LogP contribution is -2.47. The summed E-state index contributed by atoms with van der Waals surface area (Å²) in [4.78, 5) is 47.3. The number of rotatable bonds is 12. The van der Waals surface area contributed by atoms with E-state index in [4.69, 9.17) is 20.0 Å². The lowest BCUT2D eigenvalue weighted by molar-refractivity contribution is -0.179. The Morgan fingerprint density at radius 2 is 1.69 bits per heavy atom. The first-order chi connectivity index (χ1) is 22.8. The Bertz CT molecular complexity index is 1640. The zero-order chi connectivity index (χ0) is 34.6. The molecule has 0 spiro atoms. The Balaban J connectivity index is 1.14. The number of nitrogens with two attached hydrogens (primary N) is 1. The molecule has 0 bridgehead atoms. The molecule has 1 saturated heterocycles. The first-order valence-electron chi connectivity index (χ1n) is 16.1. The molecule has 2 amide bonds. The molecule has 2 heterocycles. The van der Waals surface area contributed by atoms with Gasteiger partial charge in [-0.3, -0.25) is 24.1 Å². The third kappa shape index (κ3) is 8.48. The van der Waals surface area contributed by atoms with Crippen molar-refractivity contribution >= 4 is 23.5 Å². The summed E-state index contributed by atoms with van der Waals surface area (Å²) < 4.78 is 39.0. The van der Waals surface area contributed by atoms with Gasteiger partial charge in [0.1, 0.15) is 29.6 Å². The fourth-order valence-electron chi connectivity index (χ4n) is 5.89. The summed E-state index contributed by atoms with van der Waals surface area (Å²) in [5.74, 6) is -2.33. The second-order valence-electron chi connectivity index (χ2n) is 13.1. The van der Waals surface area contributed by atoms with Crippen molar-refractivity contribution in [3.05, 3.63) is 94.6 Å². The van der Waals surface area contributed by atoms with Gasteiger partial charge in [-0.15, -0.1) is 0 Å². The van der Waals surface area contributed by atoms with Crippen molar-refractivity contribution in [1.82, 2.24) is 9.96 Å². The van der Waals surface area contributed by atoms with Crippen molar-refractivity contribution in [2.45, 2.75) is 71.4 Å². The molecule has 48 heavy (non-hydrogen) atoms. The van der Waals surface area contributed by atoms with Crippen molar-refractivity contribution < 1.29 is 37.5 Å². The highest BCUT2D eigenvalue weighted by Crippen LogP contribution is 2.33. The van der Waals surface area contributed by atoms with Crippen LogP contribution in [0.25, 0.3) is 0 Å². The minimum atomic E-state index is -1.19. The van der Waals surface area contributed by atoms with Crippen LogP contribution in [0, 0.1) is 11.6 Å². The van der Waals surface area contributed by atoms with Gasteiger partial charge in [0.25, 0.3) is 5.91 Å². The predicted molar refractivity (Wildman–Crippen MR) is 175 cm³/mol. The van der Waals surface area contributed by atoms with E-state index in [0.29, 0.717) is 35.7 Å². The SMILES string of the molecule is C[C@H](c1ccc(COc2cccc3c2CN(OC(CCC(=O)OC(C)(C)C)C(N)=O)C3=O)cc1)N1CCN(c2ccc(F)cc2F)CC1. The van der Waals surface area contributed by atoms with E-state index in [1.165, 1.54) is 12.1 Å². The van der Waals surface area contributed by atoms with Gasteiger partial charge in [0.05, 0.1) is 17.8 Å². The van der Waals surface area contributed by atoms with E-state index < -0.39 is 41.1 Å². The van der Waals surface area contributed by atoms with Gasteiger partial charge < -0.3 is 20.1 Å². The highest BCUT2D eigenvalue weighted by Gasteiger charge is 2.34. The Hall–Kier alpha value is -4.55. The number of piperazine rings is 1. The Morgan fingerprint density at radius 3 is 2.33 bits per heavy atom. The molecule has 1 unspecified atom stereocenters. The van der Waals surface area contributed by atoms with Gasteiger partial charge >= 0.3 is 5.97 Å². The third-order valence-electron chi connectivity index (χ3n) is 8.46. The minimum absolute atomic E-state index is 0.0332. The van der Waals surface area contributed by atoms with Crippen LogP contribution in [0.5, 0.6) is 5.75 Å². The molecule has 2 aliphatic heterocycles. The average Bonchev–Trinajstić information content (AvgIpc) is 3.36. The molecule has 3 aromatic carbocycles. The van der Waals surface area contributed by atoms with E-state index in [9.17, 15) is 23.2 Å². The highest BCUT2D eigenvalue weighted by atomic mass is 19.1. The van der Waals surface area contributed by atoms with Crippen LogP contribution in [0.15, 0.2) is 60.7 Å². The number of amides is 2. The van der Waals surface area contributed by atoms with Crippen molar-refractivity contribution in [2.75, 3.05) is 31.1 Å². The molecule has 0 aliphatic carbocycles. The predicted octanol–water partition coefficient (Wildman–Crippen LogP) is 5.29. The van der Waals surface area contributed by atoms with E-state index in [2.05, 4.69) is 24.0 Å². The first-order valence-corrected chi connectivity index (χ1v) is 16.1. The number of anilines is 1. The summed E-state index contributed by atoms with van der Waals surface area (Å²) >= 11 is 0. The van der Waals surface area contributed by atoms with Crippen LogP contribution < -0.4 is 15.4 Å². The molecule has 2 atom stereocenters. The molecule has 256 valence electrons. The fraction of sp³-hybridized carbons (Fsp3) is 0.417. The number of hydrogen-bond acceptors (Lipinski definition) is 8. The van der Waals surface area contributed by atoms with Gasteiger partial charge in [0.15, 0.2) is 6.10 Å². The van der Waals surface area contributed by atoms with Crippen molar-refractivity contribution in [3.63, 3.8) is 0 Å². The fourth-order valence-corrected chi connectivity index (χ4v) is 5.89. The number of carbonyl (C=O) groups excluding carboxylic acids is 3. The van der Waals surface area contributed by atoms with E-state index in [1.54, 1.807) is 39.0 Å². The largest absolute Gasteiger partial charge is 0.489 e. The molecular weight excluding hydrogens is 622 g/mol. The van der Waals surface area contributed by atoms with Gasteiger partial charge in [-0.05, 0) is 69.5 Å². The Labute approximate surface area is 279 Å². The lowest BCUT2D eigenvalue weighted by atomic mass is 10.0. The summed E-state index contributed by atoms with van der Waals surface area (Å²) in [7, 11) is 0. The van der Waals surface area contributed by atoms with Gasteiger partial charge in [0, 0.05) is 50.3 Å². The smallest absolute Gasteiger partial charge is 0.306 e. The van der Waals surface area contributed by atoms with Crippen molar-refractivity contribution in [2.24, 2.45) is 5.73 Å².